The maximum Gasteiger partial charge on any atom is 0.257 e. The number of likely N-dealkylation sites (tertiary alicyclic amines) is 2. The maximum atomic E-state index is 13.1. The third-order valence-corrected chi connectivity index (χ3v) is 5.63. The highest BCUT2D eigenvalue weighted by atomic mass is 16.3. The molecular formula is C20H24N2O3. The molecular weight excluding hydrogens is 316 g/mol. The van der Waals surface area contributed by atoms with E-state index in [2.05, 4.69) is 6.92 Å². The minimum Gasteiger partial charge on any atom is -0.461 e. The molecule has 2 saturated heterocycles. The van der Waals surface area contributed by atoms with Crippen LogP contribution >= 0.6 is 0 Å². The van der Waals surface area contributed by atoms with E-state index in [1.807, 2.05) is 41.0 Å². The van der Waals surface area contributed by atoms with Gasteiger partial charge in [0, 0.05) is 31.6 Å². The van der Waals surface area contributed by atoms with Crippen molar-refractivity contribution >= 4 is 22.8 Å². The normalized spacial score (nSPS) is 23.4. The molecule has 0 saturated carbocycles. The molecule has 132 valence electrons. The summed E-state index contributed by atoms with van der Waals surface area (Å²) in [6, 6.07) is 7.61. The summed E-state index contributed by atoms with van der Waals surface area (Å²) in [4.78, 5) is 29.7. The first-order valence-electron chi connectivity index (χ1n) is 9.12. The van der Waals surface area contributed by atoms with E-state index < -0.39 is 0 Å². The standard InChI is InChI=1S/C20H24N2O3/c1-3-9-21-10-7-20(19(21)24)8-11-22(13-20)18(23)16-6-4-5-15-12-14(2)25-17(15)16/h4-6,12H,3,7-11,13H2,1-2H3. The Balaban J connectivity index is 1.57. The lowest BCUT2D eigenvalue weighted by atomic mass is 9.85. The van der Waals surface area contributed by atoms with E-state index in [1.165, 1.54) is 0 Å². The summed E-state index contributed by atoms with van der Waals surface area (Å²) in [6.07, 6.45) is 2.61. The number of benzene rings is 1. The van der Waals surface area contributed by atoms with Crippen LogP contribution in [0.25, 0.3) is 11.0 Å². The zero-order chi connectivity index (χ0) is 17.6. The van der Waals surface area contributed by atoms with Gasteiger partial charge in [-0.05, 0) is 38.3 Å². The van der Waals surface area contributed by atoms with Crippen LogP contribution in [0.5, 0.6) is 0 Å². The van der Waals surface area contributed by atoms with Crippen molar-refractivity contribution in [2.24, 2.45) is 5.41 Å². The number of rotatable bonds is 3. The number of para-hydroxylation sites is 1. The molecule has 25 heavy (non-hydrogen) atoms. The van der Waals surface area contributed by atoms with E-state index in [0.717, 1.165) is 43.5 Å². The highest BCUT2D eigenvalue weighted by Gasteiger charge is 2.51. The Hall–Kier alpha value is -2.30. The van der Waals surface area contributed by atoms with Gasteiger partial charge in [0.25, 0.3) is 5.91 Å². The summed E-state index contributed by atoms with van der Waals surface area (Å²) in [7, 11) is 0. The molecule has 5 heteroatoms. The number of carbonyl (C=O) groups excluding carboxylic acids is 2. The average molecular weight is 340 g/mol. The Morgan fingerprint density at radius 2 is 2.08 bits per heavy atom. The number of fused-ring (bicyclic) bond motifs is 1. The second kappa shape index (κ2) is 5.90. The number of hydrogen-bond acceptors (Lipinski definition) is 3. The van der Waals surface area contributed by atoms with Gasteiger partial charge in [-0.15, -0.1) is 0 Å². The van der Waals surface area contributed by atoms with Crippen LogP contribution in [0.4, 0.5) is 0 Å². The summed E-state index contributed by atoms with van der Waals surface area (Å²) >= 11 is 0. The minimum atomic E-state index is -0.363. The van der Waals surface area contributed by atoms with Crippen molar-refractivity contribution < 1.29 is 14.0 Å². The van der Waals surface area contributed by atoms with Gasteiger partial charge in [0.2, 0.25) is 5.91 Å². The van der Waals surface area contributed by atoms with Crippen LogP contribution in [0.2, 0.25) is 0 Å². The van der Waals surface area contributed by atoms with Crippen molar-refractivity contribution in [3.8, 4) is 0 Å². The topological polar surface area (TPSA) is 53.8 Å². The van der Waals surface area contributed by atoms with Crippen LogP contribution < -0.4 is 0 Å². The fourth-order valence-corrected chi connectivity index (χ4v) is 4.33. The number of nitrogens with zero attached hydrogens (tertiary/aromatic N) is 2. The van der Waals surface area contributed by atoms with Crippen molar-refractivity contribution in [2.75, 3.05) is 26.2 Å². The summed E-state index contributed by atoms with van der Waals surface area (Å²) in [6.45, 7) is 6.79. The van der Waals surface area contributed by atoms with Crippen molar-refractivity contribution in [1.82, 2.24) is 9.80 Å². The lowest BCUT2D eigenvalue weighted by Crippen LogP contribution is -2.38. The average Bonchev–Trinajstić information content (AvgIpc) is 3.27. The molecule has 3 heterocycles. The third-order valence-electron chi connectivity index (χ3n) is 5.63. The van der Waals surface area contributed by atoms with Gasteiger partial charge in [0.15, 0.2) is 0 Å². The molecule has 0 N–H and O–H groups in total. The molecule has 0 radical (unpaired) electrons. The zero-order valence-electron chi connectivity index (χ0n) is 14.9. The largest absolute Gasteiger partial charge is 0.461 e. The number of hydrogen-bond donors (Lipinski definition) is 0. The van der Waals surface area contributed by atoms with Crippen LogP contribution in [-0.4, -0.2) is 47.8 Å². The number of furan rings is 1. The van der Waals surface area contributed by atoms with Crippen molar-refractivity contribution in [3.05, 3.63) is 35.6 Å². The van der Waals surface area contributed by atoms with Gasteiger partial charge in [-0.2, -0.15) is 0 Å². The van der Waals surface area contributed by atoms with E-state index in [4.69, 9.17) is 4.42 Å². The van der Waals surface area contributed by atoms with Crippen LogP contribution in [0.15, 0.2) is 28.7 Å². The minimum absolute atomic E-state index is 0.0291. The summed E-state index contributed by atoms with van der Waals surface area (Å²) in [5.41, 5.74) is 0.882. The molecule has 0 aliphatic carbocycles. The zero-order valence-corrected chi connectivity index (χ0v) is 14.9. The first-order valence-corrected chi connectivity index (χ1v) is 9.12. The van der Waals surface area contributed by atoms with Crippen LogP contribution in [-0.2, 0) is 4.79 Å². The second-order valence-electron chi connectivity index (χ2n) is 7.38. The van der Waals surface area contributed by atoms with Crippen LogP contribution in [0, 0.1) is 12.3 Å². The predicted molar refractivity (Wildman–Crippen MR) is 95.4 cm³/mol. The van der Waals surface area contributed by atoms with Crippen LogP contribution in [0.1, 0.15) is 42.3 Å². The van der Waals surface area contributed by atoms with Gasteiger partial charge >= 0.3 is 0 Å². The lowest BCUT2D eigenvalue weighted by Gasteiger charge is -2.23. The fraction of sp³-hybridized carbons (Fsp3) is 0.500. The van der Waals surface area contributed by atoms with Gasteiger partial charge in [-0.3, -0.25) is 9.59 Å². The summed E-state index contributed by atoms with van der Waals surface area (Å²) in [5, 5.41) is 0.948. The first kappa shape index (κ1) is 16.2. The number of carbonyl (C=O) groups is 2. The maximum absolute atomic E-state index is 13.1. The van der Waals surface area contributed by atoms with Crippen molar-refractivity contribution in [1.29, 1.82) is 0 Å². The monoisotopic (exact) mass is 340 g/mol. The molecule has 5 nitrogen and oxygen atoms in total. The van der Waals surface area contributed by atoms with Gasteiger partial charge in [-0.25, -0.2) is 0 Å². The van der Waals surface area contributed by atoms with Gasteiger partial charge in [-0.1, -0.05) is 19.1 Å². The highest BCUT2D eigenvalue weighted by molar-refractivity contribution is 6.05. The van der Waals surface area contributed by atoms with E-state index >= 15 is 0 Å². The Morgan fingerprint density at radius 1 is 1.28 bits per heavy atom. The molecule has 1 atom stereocenters. The predicted octanol–water partition coefficient (Wildman–Crippen LogP) is 3.22. The Kier molecular flexibility index (Phi) is 3.82. The van der Waals surface area contributed by atoms with Crippen LogP contribution in [0.3, 0.4) is 0 Å². The molecule has 1 aromatic heterocycles. The van der Waals surface area contributed by atoms with E-state index in [1.54, 1.807) is 0 Å². The van der Waals surface area contributed by atoms with Gasteiger partial charge in [0.05, 0.1) is 11.0 Å². The Bertz CT molecular complexity index is 841. The molecule has 2 aromatic rings. The van der Waals surface area contributed by atoms with Gasteiger partial charge < -0.3 is 14.2 Å². The molecule has 2 aliphatic heterocycles. The molecule has 1 unspecified atom stereocenters. The van der Waals surface area contributed by atoms with E-state index in [0.29, 0.717) is 24.2 Å². The van der Waals surface area contributed by atoms with Crippen molar-refractivity contribution in [3.63, 3.8) is 0 Å². The molecule has 2 aliphatic rings. The Labute approximate surface area is 147 Å². The molecule has 2 fully saturated rings. The smallest absolute Gasteiger partial charge is 0.257 e. The highest BCUT2D eigenvalue weighted by Crippen LogP contribution is 2.41. The molecule has 2 amide bonds. The molecule has 1 spiro atoms. The van der Waals surface area contributed by atoms with Gasteiger partial charge in [0.1, 0.15) is 11.3 Å². The van der Waals surface area contributed by atoms with Crippen molar-refractivity contribution in [2.45, 2.75) is 33.1 Å². The SMILES string of the molecule is CCCN1CCC2(CCN(C(=O)c3cccc4cc(C)oc34)C2)C1=O. The first-order chi connectivity index (χ1) is 12.0. The Morgan fingerprint density at radius 3 is 2.88 bits per heavy atom. The molecule has 0 bridgehead atoms. The lowest BCUT2D eigenvalue weighted by molar-refractivity contribution is -0.135. The third kappa shape index (κ3) is 2.53. The summed E-state index contributed by atoms with van der Waals surface area (Å²) < 4.78 is 5.74. The molecule has 1 aromatic carbocycles. The molecule has 4 rings (SSSR count). The number of amides is 2. The quantitative estimate of drug-likeness (QED) is 0.862. The second-order valence-corrected chi connectivity index (χ2v) is 7.38. The van der Waals surface area contributed by atoms with E-state index in [-0.39, 0.29) is 17.2 Å². The fourth-order valence-electron chi connectivity index (χ4n) is 4.33. The van der Waals surface area contributed by atoms with E-state index in [9.17, 15) is 9.59 Å². The number of aryl methyl sites for hydroxylation is 1. The summed E-state index contributed by atoms with van der Waals surface area (Å²) in [5.74, 6) is 1.00.